The Kier molecular flexibility index (Phi) is 6.33. The molecular formula is C20H20N4O3S. The maximum Gasteiger partial charge on any atom is 0.343 e. The predicted octanol–water partition coefficient (Wildman–Crippen LogP) is 4.00. The van der Waals surface area contributed by atoms with Crippen LogP contribution < -0.4 is 9.47 Å². The summed E-state index contributed by atoms with van der Waals surface area (Å²) in [7, 11) is 1.52. The SMILES string of the molecule is CCCc1n[nH]c(=S)n1/N=C/c1ccc(OC(=O)c2ccccc2)c(OC)c1. The number of nitrogens with zero attached hydrogens (tertiary/aromatic N) is 3. The first kappa shape index (κ1) is 19.5. The number of benzene rings is 2. The van der Waals surface area contributed by atoms with Crippen molar-refractivity contribution in [2.45, 2.75) is 19.8 Å². The van der Waals surface area contributed by atoms with Gasteiger partial charge in [-0.25, -0.2) is 4.79 Å². The molecule has 144 valence electrons. The highest BCUT2D eigenvalue weighted by atomic mass is 32.1. The van der Waals surface area contributed by atoms with Crippen LogP contribution >= 0.6 is 12.2 Å². The van der Waals surface area contributed by atoms with Crippen molar-refractivity contribution in [1.82, 2.24) is 14.9 Å². The van der Waals surface area contributed by atoms with Gasteiger partial charge in [-0.2, -0.15) is 14.9 Å². The minimum absolute atomic E-state index is 0.333. The van der Waals surface area contributed by atoms with Crippen molar-refractivity contribution >= 4 is 24.4 Å². The average Bonchev–Trinajstić information content (AvgIpc) is 3.07. The van der Waals surface area contributed by atoms with Gasteiger partial charge >= 0.3 is 5.97 Å². The van der Waals surface area contributed by atoms with Gasteiger partial charge in [0.2, 0.25) is 4.77 Å². The van der Waals surface area contributed by atoms with E-state index in [1.165, 1.54) is 7.11 Å². The summed E-state index contributed by atoms with van der Waals surface area (Å²) in [4.78, 5) is 12.3. The Morgan fingerprint density at radius 2 is 2.04 bits per heavy atom. The molecule has 1 N–H and O–H groups in total. The zero-order valence-electron chi connectivity index (χ0n) is 15.6. The summed E-state index contributed by atoms with van der Waals surface area (Å²) in [5, 5.41) is 11.3. The van der Waals surface area contributed by atoms with E-state index in [9.17, 15) is 4.79 Å². The molecule has 0 saturated heterocycles. The second-order valence-electron chi connectivity index (χ2n) is 5.92. The van der Waals surface area contributed by atoms with Gasteiger partial charge in [0.15, 0.2) is 17.3 Å². The first-order chi connectivity index (χ1) is 13.6. The first-order valence-electron chi connectivity index (χ1n) is 8.78. The van der Waals surface area contributed by atoms with E-state index in [-0.39, 0.29) is 0 Å². The first-order valence-corrected chi connectivity index (χ1v) is 9.19. The lowest BCUT2D eigenvalue weighted by molar-refractivity contribution is 0.0729. The number of esters is 1. The molecule has 8 heteroatoms. The molecule has 0 spiro atoms. The number of hydrogen-bond donors (Lipinski definition) is 1. The smallest absolute Gasteiger partial charge is 0.343 e. The number of aromatic nitrogens is 3. The molecule has 0 aliphatic carbocycles. The Labute approximate surface area is 167 Å². The van der Waals surface area contributed by atoms with Crippen molar-refractivity contribution in [3.63, 3.8) is 0 Å². The molecule has 0 amide bonds. The molecule has 3 aromatic rings. The van der Waals surface area contributed by atoms with Crippen LogP contribution in [0.4, 0.5) is 0 Å². The van der Waals surface area contributed by atoms with Crippen molar-refractivity contribution < 1.29 is 14.3 Å². The van der Waals surface area contributed by atoms with Crippen molar-refractivity contribution in [3.8, 4) is 11.5 Å². The summed E-state index contributed by atoms with van der Waals surface area (Å²) in [5.41, 5.74) is 1.23. The Balaban J connectivity index is 1.81. The molecule has 0 unspecified atom stereocenters. The largest absolute Gasteiger partial charge is 0.493 e. The van der Waals surface area contributed by atoms with Crippen molar-refractivity contribution in [2.75, 3.05) is 7.11 Å². The number of aryl methyl sites for hydroxylation is 1. The standard InChI is InChI=1S/C20H20N4O3S/c1-3-7-18-22-23-20(28)24(18)21-13-14-10-11-16(17(12-14)26-2)27-19(25)15-8-5-4-6-9-15/h4-6,8-13H,3,7H2,1-2H3,(H,23,28)/b21-13+. The number of ether oxygens (including phenoxy) is 2. The Hall–Kier alpha value is -3.26. The lowest BCUT2D eigenvalue weighted by Crippen LogP contribution is -2.09. The quantitative estimate of drug-likeness (QED) is 0.282. The third kappa shape index (κ3) is 4.52. The molecule has 1 aromatic heterocycles. The van der Waals surface area contributed by atoms with E-state index in [1.54, 1.807) is 53.4 Å². The third-order valence-corrected chi connectivity index (χ3v) is 4.18. The minimum atomic E-state index is -0.450. The predicted molar refractivity (Wildman–Crippen MR) is 109 cm³/mol. The van der Waals surface area contributed by atoms with Gasteiger partial charge in [0, 0.05) is 6.42 Å². The molecule has 2 aromatic carbocycles. The van der Waals surface area contributed by atoms with Crippen LogP contribution in [0.1, 0.15) is 35.1 Å². The zero-order valence-corrected chi connectivity index (χ0v) is 16.4. The average molecular weight is 396 g/mol. The number of nitrogens with one attached hydrogen (secondary N) is 1. The van der Waals surface area contributed by atoms with E-state index in [0.29, 0.717) is 21.8 Å². The topological polar surface area (TPSA) is 81.5 Å². The summed E-state index contributed by atoms with van der Waals surface area (Å²) in [6, 6.07) is 14.0. The van der Waals surface area contributed by atoms with Crippen LogP contribution in [0.5, 0.6) is 11.5 Å². The molecule has 1 heterocycles. The molecular weight excluding hydrogens is 376 g/mol. The molecule has 0 radical (unpaired) electrons. The van der Waals surface area contributed by atoms with Crippen LogP contribution in [-0.4, -0.2) is 34.2 Å². The van der Waals surface area contributed by atoms with Gasteiger partial charge in [-0.05, 0) is 54.5 Å². The van der Waals surface area contributed by atoms with E-state index in [0.717, 1.165) is 24.2 Å². The second-order valence-corrected chi connectivity index (χ2v) is 6.30. The Morgan fingerprint density at radius 1 is 1.25 bits per heavy atom. The summed E-state index contributed by atoms with van der Waals surface area (Å²) in [6.07, 6.45) is 3.35. The van der Waals surface area contributed by atoms with Crippen LogP contribution in [-0.2, 0) is 6.42 Å². The molecule has 0 saturated carbocycles. The maximum atomic E-state index is 12.3. The monoisotopic (exact) mass is 396 g/mol. The second kappa shape index (κ2) is 9.09. The number of rotatable bonds is 7. The van der Waals surface area contributed by atoms with Gasteiger partial charge in [0.25, 0.3) is 0 Å². The van der Waals surface area contributed by atoms with Gasteiger partial charge in [-0.1, -0.05) is 25.1 Å². The fourth-order valence-corrected chi connectivity index (χ4v) is 2.73. The molecule has 0 fully saturated rings. The van der Waals surface area contributed by atoms with Gasteiger partial charge in [0.05, 0.1) is 18.9 Å². The molecule has 0 aliphatic heterocycles. The number of hydrogen-bond acceptors (Lipinski definition) is 6. The summed E-state index contributed by atoms with van der Waals surface area (Å²) in [6.45, 7) is 2.06. The number of H-pyrrole nitrogens is 1. The number of carbonyl (C=O) groups is 1. The van der Waals surface area contributed by atoms with Gasteiger partial charge < -0.3 is 9.47 Å². The molecule has 0 atom stereocenters. The lowest BCUT2D eigenvalue weighted by Gasteiger charge is -2.10. The summed E-state index contributed by atoms with van der Waals surface area (Å²) >= 11 is 5.21. The molecule has 3 rings (SSSR count). The lowest BCUT2D eigenvalue weighted by atomic mass is 10.2. The molecule has 0 bridgehead atoms. The highest BCUT2D eigenvalue weighted by Crippen LogP contribution is 2.28. The summed E-state index contributed by atoms with van der Waals surface area (Å²) < 4.78 is 12.8. The molecule has 28 heavy (non-hydrogen) atoms. The summed E-state index contributed by atoms with van der Waals surface area (Å²) in [5.74, 6) is 1.08. The van der Waals surface area contributed by atoms with E-state index < -0.39 is 5.97 Å². The fraction of sp³-hybridized carbons (Fsp3) is 0.200. The van der Waals surface area contributed by atoms with Crippen LogP contribution in [0.25, 0.3) is 0 Å². The van der Waals surface area contributed by atoms with Crippen molar-refractivity contribution in [3.05, 3.63) is 70.3 Å². The van der Waals surface area contributed by atoms with E-state index in [4.69, 9.17) is 21.7 Å². The number of aromatic amines is 1. The number of carbonyl (C=O) groups excluding carboxylic acids is 1. The molecule has 7 nitrogen and oxygen atoms in total. The third-order valence-electron chi connectivity index (χ3n) is 3.91. The fourth-order valence-electron chi connectivity index (χ4n) is 2.54. The Bertz CT molecular complexity index is 1040. The highest BCUT2D eigenvalue weighted by Gasteiger charge is 2.12. The number of methoxy groups -OCH3 is 1. The van der Waals surface area contributed by atoms with E-state index >= 15 is 0 Å². The van der Waals surface area contributed by atoms with Crippen LogP contribution in [0.15, 0.2) is 53.6 Å². The van der Waals surface area contributed by atoms with E-state index in [2.05, 4.69) is 22.2 Å². The van der Waals surface area contributed by atoms with E-state index in [1.807, 2.05) is 6.07 Å². The van der Waals surface area contributed by atoms with Crippen LogP contribution in [0.3, 0.4) is 0 Å². The van der Waals surface area contributed by atoms with Crippen molar-refractivity contribution in [2.24, 2.45) is 5.10 Å². The molecule has 0 aliphatic rings. The van der Waals surface area contributed by atoms with Gasteiger partial charge in [0.1, 0.15) is 0 Å². The zero-order chi connectivity index (χ0) is 19.9. The van der Waals surface area contributed by atoms with Crippen molar-refractivity contribution in [1.29, 1.82) is 0 Å². The minimum Gasteiger partial charge on any atom is -0.493 e. The maximum absolute atomic E-state index is 12.3. The highest BCUT2D eigenvalue weighted by molar-refractivity contribution is 7.71. The Morgan fingerprint density at radius 3 is 2.75 bits per heavy atom. The van der Waals surface area contributed by atoms with Crippen LogP contribution in [0.2, 0.25) is 0 Å². The van der Waals surface area contributed by atoms with Gasteiger partial charge in [-0.3, -0.25) is 5.10 Å². The van der Waals surface area contributed by atoms with Gasteiger partial charge in [-0.15, -0.1) is 0 Å². The van der Waals surface area contributed by atoms with Crippen LogP contribution in [0, 0.1) is 4.77 Å². The normalized spacial score (nSPS) is 10.9.